The Morgan fingerprint density at radius 1 is 1.08 bits per heavy atom. The highest BCUT2D eigenvalue weighted by atomic mass is 79.9. The Bertz CT molecular complexity index is 1320. The summed E-state index contributed by atoms with van der Waals surface area (Å²) in [6.45, 7) is 12.9. The van der Waals surface area contributed by atoms with Gasteiger partial charge in [0.1, 0.15) is 0 Å². The third-order valence-corrected chi connectivity index (χ3v) is 8.67. The Balaban J connectivity index is 0.000000492. The third kappa shape index (κ3) is 10.7. The largest absolute Gasteiger partial charge is 0.241 e. The van der Waals surface area contributed by atoms with Gasteiger partial charge < -0.3 is 0 Å². The molecule has 3 rings (SSSR count). The molecule has 0 amide bonds. The minimum atomic E-state index is -3.03. The summed E-state index contributed by atoms with van der Waals surface area (Å²) >= 11 is 9.95. The van der Waals surface area contributed by atoms with Gasteiger partial charge >= 0.3 is 0 Å². The second kappa shape index (κ2) is 16.8. The quantitative estimate of drug-likeness (QED) is 0.197. The van der Waals surface area contributed by atoms with Gasteiger partial charge in [-0.1, -0.05) is 102 Å². The second-order valence-electron chi connectivity index (χ2n) is 9.55. The first-order chi connectivity index (χ1) is 18.0. The highest BCUT2D eigenvalue weighted by molar-refractivity contribution is 9.10. The lowest BCUT2D eigenvalue weighted by molar-refractivity contribution is 0.443. The van der Waals surface area contributed by atoms with Gasteiger partial charge in [-0.15, -0.1) is 0 Å². The van der Waals surface area contributed by atoms with Crippen LogP contribution in [0.1, 0.15) is 77.1 Å². The zero-order valence-corrected chi connectivity index (χ0v) is 26.3. The van der Waals surface area contributed by atoms with Crippen LogP contribution in [0.5, 0.6) is 0 Å². The first kappa shape index (κ1) is 34.9. The number of rotatable bonds is 11. The number of aromatic nitrogens is 2. The van der Waals surface area contributed by atoms with Crippen LogP contribution < -0.4 is 0 Å². The van der Waals surface area contributed by atoms with E-state index in [2.05, 4.69) is 54.5 Å². The van der Waals surface area contributed by atoms with Crippen molar-refractivity contribution in [1.82, 2.24) is 9.78 Å². The summed E-state index contributed by atoms with van der Waals surface area (Å²) in [5.74, 6) is 0.651. The average molecular weight is 636 g/mol. The van der Waals surface area contributed by atoms with E-state index in [1.165, 1.54) is 37.6 Å². The molecule has 0 N–H and O–H groups in total. The van der Waals surface area contributed by atoms with Gasteiger partial charge in [0.05, 0.1) is 21.3 Å². The van der Waals surface area contributed by atoms with Crippen molar-refractivity contribution in [2.24, 2.45) is 5.92 Å². The van der Waals surface area contributed by atoms with Crippen LogP contribution >= 0.6 is 27.5 Å². The molecule has 0 saturated carbocycles. The maximum atomic E-state index is 11.0. The molecule has 0 fully saturated rings. The van der Waals surface area contributed by atoms with Crippen LogP contribution in [0.3, 0.4) is 0 Å². The molecular weight excluding hydrogens is 592 g/mol. The number of allylic oxidation sites excluding steroid dienone is 3. The first-order valence-electron chi connectivity index (χ1n) is 13.2. The fourth-order valence-electron chi connectivity index (χ4n) is 4.32. The van der Waals surface area contributed by atoms with Gasteiger partial charge in [-0.05, 0) is 82.6 Å². The van der Waals surface area contributed by atoms with Crippen LogP contribution in [0.4, 0.5) is 0 Å². The van der Waals surface area contributed by atoms with Gasteiger partial charge in [0.25, 0.3) is 0 Å². The van der Waals surface area contributed by atoms with Gasteiger partial charge in [0, 0.05) is 17.0 Å². The number of aryl methyl sites for hydroxylation is 1. The highest BCUT2D eigenvalue weighted by Gasteiger charge is 2.16. The Morgan fingerprint density at radius 3 is 2.13 bits per heavy atom. The van der Waals surface area contributed by atoms with Crippen molar-refractivity contribution in [2.45, 2.75) is 78.5 Å². The van der Waals surface area contributed by atoms with Gasteiger partial charge in [0.2, 0.25) is 0 Å². The third-order valence-electron chi connectivity index (χ3n) is 6.43. The zero-order valence-electron chi connectivity index (χ0n) is 23.2. The van der Waals surface area contributed by atoms with Gasteiger partial charge in [0.15, 0.2) is 9.84 Å². The molecule has 0 aliphatic rings. The van der Waals surface area contributed by atoms with Crippen LogP contribution in [-0.4, -0.2) is 24.5 Å². The van der Waals surface area contributed by atoms with E-state index in [1.807, 2.05) is 54.2 Å². The van der Waals surface area contributed by atoms with Crippen molar-refractivity contribution in [1.29, 1.82) is 0 Å². The van der Waals surface area contributed by atoms with Crippen molar-refractivity contribution >= 4 is 48.6 Å². The Labute approximate surface area is 250 Å². The summed E-state index contributed by atoms with van der Waals surface area (Å²) in [7, 11) is -3.03. The monoisotopic (exact) mass is 634 g/mol. The molecule has 0 aliphatic heterocycles. The molecule has 0 saturated heterocycles. The first-order valence-corrected chi connectivity index (χ1v) is 16.2. The number of benzene rings is 2. The lowest BCUT2D eigenvalue weighted by atomic mass is 9.92. The molecule has 39 heavy (non-hydrogen) atoms. The summed E-state index contributed by atoms with van der Waals surface area (Å²) < 4.78 is 25.1. The average Bonchev–Trinajstić information content (AvgIpc) is 3.22. The Kier molecular flexibility index (Phi) is 15.1. The van der Waals surface area contributed by atoms with E-state index < -0.39 is 9.84 Å². The molecule has 0 spiro atoms. The van der Waals surface area contributed by atoms with Crippen molar-refractivity contribution in [3.8, 4) is 0 Å². The topological polar surface area (TPSA) is 52.0 Å². The van der Waals surface area contributed by atoms with Crippen molar-refractivity contribution in [3.05, 3.63) is 93.7 Å². The number of sulfone groups is 1. The molecule has 1 heterocycles. The van der Waals surface area contributed by atoms with Gasteiger partial charge in [-0.2, -0.15) is 5.10 Å². The predicted octanol–water partition coefficient (Wildman–Crippen LogP) is 10.1. The van der Waals surface area contributed by atoms with E-state index in [1.54, 1.807) is 12.1 Å². The summed E-state index contributed by atoms with van der Waals surface area (Å²) in [6.07, 6.45) is 12.0. The maximum absolute atomic E-state index is 11.0. The summed E-state index contributed by atoms with van der Waals surface area (Å²) in [6, 6.07) is 14.8. The Hall–Kier alpha value is -2.15. The molecule has 7 heteroatoms. The fraction of sp³-hybridized carbons (Fsp3) is 0.406. The van der Waals surface area contributed by atoms with E-state index >= 15 is 0 Å². The Morgan fingerprint density at radius 2 is 1.67 bits per heavy atom. The second-order valence-corrected chi connectivity index (χ2v) is 12.8. The molecule has 0 radical (unpaired) electrons. The molecule has 0 atom stereocenters. The SMILES string of the molecule is C.C=C(/C=C(/CC(CCC)CCC)n1ncc(Br)c1C)c1ccccc1Cl.CCc1ccc(S(C)(=O)=O)cc1. The summed E-state index contributed by atoms with van der Waals surface area (Å²) in [5.41, 5.74) is 5.32. The van der Waals surface area contributed by atoms with Crippen molar-refractivity contribution in [2.75, 3.05) is 6.26 Å². The number of nitrogens with zero attached hydrogens (tertiary/aromatic N) is 2. The van der Waals surface area contributed by atoms with Crippen LogP contribution in [0, 0.1) is 12.8 Å². The number of hydrogen-bond donors (Lipinski definition) is 0. The van der Waals surface area contributed by atoms with Crippen LogP contribution in [-0.2, 0) is 16.3 Å². The van der Waals surface area contributed by atoms with E-state index in [0.717, 1.165) is 44.7 Å². The standard InChI is InChI=1S/C22H28BrClN2.C9H12O2S.CH4/c1-5-9-18(10-6-2)14-19(26-17(4)21(23)15-25-26)13-16(3)20-11-7-8-12-22(20)24;1-3-8-4-6-9(7-5-8)12(2,10)11;/h7-8,11-13,15,18H,3,5-6,9-10,14H2,1-2,4H3;4-7H,3H2,1-2H3;1H4/b19-13-;;. The smallest absolute Gasteiger partial charge is 0.175 e. The van der Waals surface area contributed by atoms with Gasteiger partial charge in [-0.25, -0.2) is 13.1 Å². The van der Waals surface area contributed by atoms with E-state index in [0.29, 0.717) is 10.8 Å². The van der Waals surface area contributed by atoms with E-state index in [9.17, 15) is 8.42 Å². The molecule has 1 aromatic heterocycles. The van der Waals surface area contributed by atoms with Crippen LogP contribution in [0.25, 0.3) is 11.3 Å². The van der Waals surface area contributed by atoms with Gasteiger partial charge in [-0.3, -0.25) is 0 Å². The van der Waals surface area contributed by atoms with Crippen LogP contribution in [0.15, 0.2) is 76.8 Å². The molecule has 3 aromatic rings. The summed E-state index contributed by atoms with van der Waals surface area (Å²) in [4.78, 5) is 0.389. The minimum Gasteiger partial charge on any atom is -0.241 e. The highest BCUT2D eigenvalue weighted by Crippen LogP contribution is 2.31. The lowest BCUT2D eigenvalue weighted by Crippen LogP contribution is -2.09. The normalized spacial score (nSPS) is 11.5. The fourth-order valence-corrected chi connectivity index (χ4v) is 5.47. The molecular formula is C32H44BrClN2O2S. The molecule has 2 aromatic carbocycles. The van der Waals surface area contributed by atoms with Crippen molar-refractivity contribution < 1.29 is 8.42 Å². The lowest BCUT2D eigenvalue weighted by Gasteiger charge is -2.19. The minimum absolute atomic E-state index is 0. The predicted molar refractivity (Wildman–Crippen MR) is 173 cm³/mol. The van der Waals surface area contributed by atoms with E-state index in [4.69, 9.17) is 11.6 Å². The van der Waals surface area contributed by atoms with Crippen molar-refractivity contribution in [3.63, 3.8) is 0 Å². The summed E-state index contributed by atoms with van der Waals surface area (Å²) in [5, 5.41) is 5.31. The molecule has 4 nitrogen and oxygen atoms in total. The van der Waals surface area contributed by atoms with Crippen LogP contribution in [0.2, 0.25) is 5.02 Å². The molecule has 0 bridgehead atoms. The maximum Gasteiger partial charge on any atom is 0.175 e. The molecule has 214 valence electrons. The van der Waals surface area contributed by atoms with E-state index in [-0.39, 0.29) is 7.43 Å². The number of hydrogen-bond acceptors (Lipinski definition) is 3. The molecule has 0 unspecified atom stereocenters. The zero-order chi connectivity index (χ0) is 28.3. The number of halogens is 2. The molecule has 0 aliphatic carbocycles.